The van der Waals surface area contributed by atoms with Gasteiger partial charge in [-0.2, -0.15) is 0 Å². The van der Waals surface area contributed by atoms with Crippen molar-refractivity contribution in [3.05, 3.63) is 0 Å². The van der Waals surface area contributed by atoms with Crippen molar-refractivity contribution < 1.29 is 35.4 Å². The highest BCUT2D eigenvalue weighted by Crippen LogP contribution is 2.08. The van der Waals surface area contributed by atoms with E-state index in [0.29, 0.717) is 0 Å². The molecule has 0 saturated heterocycles. The summed E-state index contributed by atoms with van der Waals surface area (Å²) >= 11 is 0. The summed E-state index contributed by atoms with van der Waals surface area (Å²) in [5.74, 6) is -1.73. The molecule has 1 unspecified atom stereocenters. The summed E-state index contributed by atoms with van der Waals surface area (Å²) in [6.07, 6.45) is -9.27. The Hall–Kier alpha value is -0.730. The number of hydrogen-bond donors (Lipinski definition) is 6. The second-order valence-corrected chi connectivity index (χ2v) is 3.00. The summed E-state index contributed by atoms with van der Waals surface area (Å²) in [5, 5.41) is 53.0. The Morgan fingerprint density at radius 1 is 0.929 bits per heavy atom. The van der Waals surface area contributed by atoms with Crippen LogP contribution in [0.25, 0.3) is 0 Å². The fraction of sp³-hybridized carbons (Fsp3) is 0.857. The fourth-order valence-corrected chi connectivity index (χ4v) is 0.820. The van der Waals surface area contributed by atoms with Gasteiger partial charge < -0.3 is 30.6 Å². The number of aliphatic carboxylic acids is 1. The predicted octanol–water partition coefficient (Wildman–Crippen LogP) is -3.10. The fourth-order valence-electron chi connectivity index (χ4n) is 0.820. The lowest BCUT2D eigenvalue weighted by Gasteiger charge is -2.25. The van der Waals surface area contributed by atoms with E-state index < -0.39 is 36.5 Å². The van der Waals surface area contributed by atoms with Crippen LogP contribution in [0.3, 0.4) is 0 Å². The Bertz CT molecular complexity index is 192. The van der Waals surface area contributed by atoms with Gasteiger partial charge in [-0.15, -0.1) is 0 Å². The zero-order valence-corrected chi connectivity index (χ0v) is 7.48. The lowest BCUT2D eigenvalue weighted by atomic mass is 10.00. The molecule has 0 bridgehead atoms. The van der Waals surface area contributed by atoms with Crippen molar-refractivity contribution in [1.82, 2.24) is 0 Å². The van der Waals surface area contributed by atoms with Gasteiger partial charge in [0.05, 0.1) is 6.10 Å². The Kier molecular flexibility index (Phi) is 4.95. The molecule has 0 fully saturated rings. The Morgan fingerprint density at radius 2 is 1.36 bits per heavy atom. The first kappa shape index (κ1) is 13.3. The molecular weight excluding hydrogens is 196 g/mol. The predicted molar refractivity (Wildman–Crippen MR) is 43.3 cm³/mol. The molecule has 0 spiro atoms. The Balaban J connectivity index is 4.37. The summed E-state index contributed by atoms with van der Waals surface area (Å²) in [6, 6.07) is 0. The van der Waals surface area contributed by atoms with Gasteiger partial charge >= 0.3 is 5.97 Å². The summed E-state index contributed by atoms with van der Waals surface area (Å²) in [4.78, 5) is 10.2. The van der Waals surface area contributed by atoms with E-state index in [9.17, 15) is 4.79 Å². The maximum Gasteiger partial charge on any atom is 0.335 e. The lowest BCUT2D eigenvalue weighted by Crippen LogP contribution is -2.50. The largest absolute Gasteiger partial charge is 0.479 e. The molecule has 0 aromatic rings. The molecule has 0 aliphatic heterocycles. The van der Waals surface area contributed by atoms with Gasteiger partial charge in [-0.1, -0.05) is 0 Å². The minimum Gasteiger partial charge on any atom is -0.479 e. The number of aliphatic hydroxyl groups is 5. The van der Waals surface area contributed by atoms with Gasteiger partial charge in [0.25, 0.3) is 0 Å². The lowest BCUT2D eigenvalue weighted by molar-refractivity contribution is -0.167. The van der Waals surface area contributed by atoms with E-state index in [1.165, 1.54) is 0 Å². The van der Waals surface area contributed by atoms with E-state index in [4.69, 9.17) is 30.6 Å². The molecule has 0 saturated carbocycles. The molecule has 0 aliphatic rings. The minimum absolute atomic E-state index is 1.15. The van der Waals surface area contributed by atoms with Gasteiger partial charge in [-0.05, 0) is 6.92 Å². The van der Waals surface area contributed by atoms with Crippen molar-refractivity contribution >= 4 is 5.97 Å². The van der Waals surface area contributed by atoms with Crippen molar-refractivity contribution in [1.29, 1.82) is 0 Å². The van der Waals surface area contributed by atoms with Crippen molar-refractivity contribution in [2.45, 2.75) is 37.4 Å². The van der Waals surface area contributed by atoms with E-state index in [1.807, 2.05) is 0 Å². The van der Waals surface area contributed by atoms with Crippen molar-refractivity contribution in [3.8, 4) is 0 Å². The molecule has 84 valence electrons. The van der Waals surface area contributed by atoms with Gasteiger partial charge in [0.1, 0.15) is 18.3 Å². The van der Waals surface area contributed by atoms with Crippen molar-refractivity contribution in [3.63, 3.8) is 0 Å². The average Bonchev–Trinajstić information content (AvgIpc) is 2.12. The molecule has 14 heavy (non-hydrogen) atoms. The van der Waals surface area contributed by atoms with Gasteiger partial charge in [0.15, 0.2) is 6.10 Å². The Labute approximate surface area is 79.9 Å². The van der Waals surface area contributed by atoms with E-state index in [-0.39, 0.29) is 0 Å². The first-order valence-corrected chi connectivity index (χ1v) is 3.92. The molecule has 0 radical (unpaired) electrons. The number of carbonyl (C=O) groups is 1. The highest BCUT2D eigenvalue weighted by atomic mass is 16.4. The summed E-state index contributed by atoms with van der Waals surface area (Å²) < 4.78 is 0. The third-order valence-corrected chi connectivity index (χ3v) is 1.77. The molecule has 0 rings (SSSR count). The van der Waals surface area contributed by atoms with Crippen LogP contribution in [-0.2, 0) is 4.79 Å². The molecule has 7 heteroatoms. The number of rotatable bonds is 5. The summed E-state index contributed by atoms with van der Waals surface area (Å²) in [5.41, 5.74) is 0. The van der Waals surface area contributed by atoms with Gasteiger partial charge in [-0.3, -0.25) is 0 Å². The van der Waals surface area contributed by atoms with Crippen LogP contribution in [0.2, 0.25) is 0 Å². The quantitative estimate of drug-likeness (QED) is 0.282. The maximum absolute atomic E-state index is 10.2. The third kappa shape index (κ3) is 3.20. The van der Waals surface area contributed by atoms with Crippen molar-refractivity contribution in [2.75, 3.05) is 0 Å². The van der Waals surface area contributed by atoms with Crippen LogP contribution in [0.15, 0.2) is 0 Å². The summed E-state index contributed by atoms with van der Waals surface area (Å²) in [7, 11) is 0. The highest BCUT2D eigenvalue weighted by molar-refractivity contribution is 5.72. The zero-order valence-electron chi connectivity index (χ0n) is 7.48. The van der Waals surface area contributed by atoms with Crippen LogP contribution in [0, 0.1) is 0 Å². The van der Waals surface area contributed by atoms with Crippen LogP contribution in [-0.4, -0.2) is 67.1 Å². The first-order valence-electron chi connectivity index (χ1n) is 3.92. The SMILES string of the molecule is C[C@H](O)[C@H](O)[C@@H](O)[C@H](O)C(O)C(=O)O. The molecule has 6 N–H and O–H groups in total. The van der Waals surface area contributed by atoms with E-state index in [1.54, 1.807) is 0 Å². The molecule has 0 aromatic heterocycles. The van der Waals surface area contributed by atoms with Gasteiger partial charge in [0.2, 0.25) is 0 Å². The zero-order chi connectivity index (χ0) is 11.5. The first-order chi connectivity index (χ1) is 6.29. The molecule has 7 nitrogen and oxygen atoms in total. The second kappa shape index (κ2) is 5.23. The molecular formula is C7H14O7. The molecule has 0 amide bonds. The second-order valence-electron chi connectivity index (χ2n) is 3.00. The molecule has 0 heterocycles. The van der Waals surface area contributed by atoms with Crippen LogP contribution in [0.1, 0.15) is 6.92 Å². The van der Waals surface area contributed by atoms with Crippen LogP contribution in [0.5, 0.6) is 0 Å². The normalized spacial score (nSPS) is 22.1. The molecule has 0 aliphatic carbocycles. The number of carboxylic acids is 1. The Morgan fingerprint density at radius 3 is 1.64 bits per heavy atom. The van der Waals surface area contributed by atoms with Crippen LogP contribution < -0.4 is 0 Å². The summed E-state index contributed by atoms with van der Waals surface area (Å²) in [6.45, 7) is 1.15. The molecule has 0 aromatic carbocycles. The maximum atomic E-state index is 10.2. The molecule has 5 atom stereocenters. The standard InChI is InChI=1S/C7H14O7/c1-2(8)3(9)4(10)5(11)6(12)7(13)14/h2-6,8-12H,1H3,(H,13,14)/t2-,3-,4+,5-,6?/m0/s1. The van der Waals surface area contributed by atoms with Gasteiger partial charge in [-0.25, -0.2) is 4.79 Å². The number of aliphatic hydroxyl groups excluding tert-OH is 5. The van der Waals surface area contributed by atoms with Gasteiger partial charge in [0, 0.05) is 0 Å². The average molecular weight is 210 g/mol. The third-order valence-electron chi connectivity index (χ3n) is 1.77. The smallest absolute Gasteiger partial charge is 0.335 e. The van der Waals surface area contributed by atoms with E-state index in [2.05, 4.69) is 0 Å². The minimum atomic E-state index is -2.21. The van der Waals surface area contributed by atoms with E-state index in [0.717, 1.165) is 6.92 Å². The monoisotopic (exact) mass is 210 g/mol. The number of carboxylic acid groups (broad SMARTS) is 1. The van der Waals surface area contributed by atoms with Crippen LogP contribution in [0.4, 0.5) is 0 Å². The highest BCUT2D eigenvalue weighted by Gasteiger charge is 2.35. The van der Waals surface area contributed by atoms with Crippen LogP contribution >= 0.6 is 0 Å². The van der Waals surface area contributed by atoms with E-state index >= 15 is 0 Å². The number of hydrogen-bond acceptors (Lipinski definition) is 6. The van der Waals surface area contributed by atoms with Crippen molar-refractivity contribution in [2.24, 2.45) is 0 Å². The topological polar surface area (TPSA) is 138 Å².